The van der Waals surface area contributed by atoms with E-state index in [0.717, 1.165) is 40.2 Å². The highest BCUT2D eigenvalue weighted by Crippen LogP contribution is 2.23. The van der Waals surface area contributed by atoms with Gasteiger partial charge in [0.1, 0.15) is 11.6 Å². The van der Waals surface area contributed by atoms with Gasteiger partial charge in [-0.3, -0.25) is 0 Å². The minimum Gasteiger partial charge on any atom is -0.496 e. The van der Waals surface area contributed by atoms with E-state index in [0.29, 0.717) is 6.54 Å². The molecule has 0 saturated carbocycles. The van der Waals surface area contributed by atoms with Crippen LogP contribution in [0.3, 0.4) is 0 Å². The Balaban J connectivity index is 2.02. The molecule has 0 saturated heterocycles. The molecule has 0 aliphatic carbocycles. The minimum absolute atomic E-state index is 0.536. The van der Waals surface area contributed by atoms with Crippen LogP contribution >= 0.6 is 0 Å². The van der Waals surface area contributed by atoms with Gasteiger partial charge in [-0.15, -0.1) is 0 Å². The zero-order valence-electron chi connectivity index (χ0n) is 12.3. The molecule has 108 valence electrons. The number of para-hydroxylation sites is 1. The van der Waals surface area contributed by atoms with Crippen molar-refractivity contribution in [2.75, 3.05) is 7.11 Å². The summed E-state index contributed by atoms with van der Waals surface area (Å²) in [5, 5.41) is 0. The third-order valence-electron chi connectivity index (χ3n) is 3.81. The second-order valence-corrected chi connectivity index (χ2v) is 5.10. The smallest absolute Gasteiger partial charge is 0.122 e. The van der Waals surface area contributed by atoms with Gasteiger partial charge in [0.05, 0.1) is 18.1 Å². The van der Waals surface area contributed by atoms with Gasteiger partial charge in [0.25, 0.3) is 0 Å². The van der Waals surface area contributed by atoms with Crippen LogP contribution in [0.1, 0.15) is 17.0 Å². The van der Waals surface area contributed by atoms with E-state index in [-0.39, 0.29) is 0 Å². The highest BCUT2D eigenvalue weighted by Gasteiger charge is 2.11. The average molecular weight is 281 g/mol. The number of benzene rings is 2. The monoisotopic (exact) mass is 281 g/mol. The van der Waals surface area contributed by atoms with Gasteiger partial charge in [-0.2, -0.15) is 0 Å². The Morgan fingerprint density at radius 3 is 2.76 bits per heavy atom. The molecule has 3 aromatic rings. The van der Waals surface area contributed by atoms with E-state index in [9.17, 15) is 0 Å². The largest absolute Gasteiger partial charge is 0.496 e. The van der Waals surface area contributed by atoms with Gasteiger partial charge in [-0.25, -0.2) is 4.98 Å². The van der Waals surface area contributed by atoms with E-state index in [4.69, 9.17) is 15.5 Å². The standard InChI is InChI=1S/C17H19N3O/c1-20-15-8-7-12(11-18)9-14(15)19-17(20)10-13-5-3-4-6-16(13)21-2/h3-9H,10-11,18H2,1-2H3. The molecule has 0 spiro atoms. The van der Waals surface area contributed by atoms with Crippen molar-refractivity contribution >= 4 is 11.0 Å². The Bertz CT molecular complexity index is 777. The summed E-state index contributed by atoms with van der Waals surface area (Å²) in [7, 11) is 3.74. The summed E-state index contributed by atoms with van der Waals surface area (Å²) >= 11 is 0. The summed E-state index contributed by atoms with van der Waals surface area (Å²) < 4.78 is 7.54. The molecule has 0 atom stereocenters. The SMILES string of the molecule is COc1ccccc1Cc1nc2cc(CN)ccc2n1C. The maximum Gasteiger partial charge on any atom is 0.122 e. The number of aromatic nitrogens is 2. The molecule has 0 aliphatic rings. The topological polar surface area (TPSA) is 53.1 Å². The van der Waals surface area contributed by atoms with Crippen LogP contribution in [0.25, 0.3) is 11.0 Å². The highest BCUT2D eigenvalue weighted by atomic mass is 16.5. The summed E-state index contributed by atoms with van der Waals surface area (Å²) in [6, 6.07) is 14.2. The predicted molar refractivity (Wildman–Crippen MR) is 84.4 cm³/mol. The van der Waals surface area contributed by atoms with E-state index in [1.165, 1.54) is 0 Å². The highest BCUT2D eigenvalue weighted by molar-refractivity contribution is 5.77. The molecule has 4 heteroatoms. The number of fused-ring (bicyclic) bond motifs is 1. The lowest BCUT2D eigenvalue weighted by molar-refractivity contribution is 0.410. The van der Waals surface area contributed by atoms with Crippen molar-refractivity contribution < 1.29 is 4.74 Å². The van der Waals surface area contributed by atoms with Crippen molar-refractivity contribution in [3.05, 3.63) is 59.4 Å². The van der Waals surface area contributed by atoms with Crippen molar-refractivity contribution in [2.24, 2.45) is 12.8 Å². The number of hydrogen-bond acceptors (Lipinski definition) is 3. The first-order valence-electron chi connectivity index (χ1n) is 6.99. The maximum atomic E-state index is 5.70. The third-order valence-corrected chi connectivity index (χ3v) is 3.81. The van der Waals surface area contributed by atoms with Crippen LogP contribution in [0.5, 0.6) is 5.75 Å². The second-order valence-electron chi connectivity index (χ2n) is 5.10. The molecular weight excluding hydrogens is 262 g/mol. The fraction of sp³-hybridized carbons (Fsp3) is 0.235. The Labute approximate surface area is 124 Å². The lowest BCUT2D eigenvalue weighted by atomic mass is 10.1. The molecule has 1 aromatic heterocycles. The average Bonchev–Trinajstić information content (AvgIpc) is 2.83. The van der Waals surface area contributed by atoms with Gasteiger partial charge in [0, 0.05) is 25.6 Å². The van der Waals surface area contributed by atoms with Crippen molar-refractivity contribution in [1.29, 1.82) is 0 Å². The molecule has 0 bridgehead atoms. The van der Waals surface area contributed by atoms with Crippen LogP contribution in [-0.4, -0.2) is 16.7 Å². The summed E-state index contributed by atoms with van der Waals surface area (Å²) in [4.78, 5) is 4.74. The number of nitrogens with two attached hydrogens (primary N) is 1. The number of methoxy groups -OCH3 is 1. The summed E-state index contributed by atoms with van der Waals surface area (Å²) in [5.74, 6) is 1.91. The van der Waals surface area contributed by atoms with Crippen LogP contribution in [0, 0.1) is 0 Å². The molecule has 0 aliphatic heterocycles. The number of ether oxygens (including phenoxy) is 1. The van der Waals surface area contributed by atoms with Gasteiger partial charge in [0.2, 0.25) is 0 Å². The first kappa shape index (κ1) is 13.6. The minimum atomic E-state index is 0.536. The van der Waals surface area contributed by atoms with Crippen LogP contribution in [0.15, 0.2) is 42.5 Å². The summed E-state index contributed by atoms with van der Waals surface area (Å²) in [6.45, 7) is 0.536. The Morgan fingerprint density at radius 1 is 1.19 bits per heavy atom. The van der Waals surface area contributed by atoms with E-state index in [2.05, 4.69) is 28.8 Å². The van der Waals surface area contributed by atoms with Crippen LogP contribution in [0.4, 0.5) is 0 Å². The van der Waals surface area contributed by atoms with Crippen LogP contribution in [0.2, 0.25) is 0 Å². The number of rotatable bonds is 4. The lowest BCUT2D eigenvalue weighted by Crippen LogP contribution is -2.00. The van der Waals surface area contributed by atoms with Gasteiger partial charge < -0.3 is 15.0 Å². The Kier molecular flexibility index (Phi) is 3.62. The van der Waals surface area contributed by atoms with E-state index in [1.54, 1.807) is 7.11 Å². The molecule has 2 aromatic carbocycles. The molecule has 4 nitrogen and oxygen atoms in total. The fourth-order valence-electron chi connectivity index (χ4n) is 2.60. The number of aryl methyl sites for hydroxylation is 1. The second kappa shape index (κ2) is 5.58. The number of hydrogen-bond donors (Lipinski definition) is 1. The molecule has 0 radical (unpaired) electrons. The van der Waals surface area contributed by atoms with Crippen molar-refractivity contribution in [3.8, 4) is 5.75 Å². The Hall–Kier alpha value is -2.33. The van der Waals surface area contributed by atoms with Gasteiger partial charge >= 0.3 is 0 Å². The van der Waals surface area contributed by atoms with E-state index >= 15 is 0 Å². The Morgan fingerprint density at radius 2 is 2.00 bits per heavy atom. The number of nitrogens with zero attached hydrogens (tertiary/aromatic N) is 2. The zero-order valence-corrected chi connectivity index (χ0v) is 12.3. The van der Waals surface area contributed by atoms with Crippen molar-refractivity contribution in [3.63, 3.8) is 0 Å². The number of imidazole rings is 1. The van der Waals surface area contributed by atoms with Gasteiger partial charge in [-0.1, -0.05) is 24.3 Å². The van der Waals surface area contributed by atoms with E-state index < -0.39 is 0 Å². The molecule has 0 amide bonds. The quantitative estimate of drug-likeness (QED) is 0.800. The lowest BCUT2D eigenvalue weighted by Gasteiger charge is -2.08. The van der Waals surface area contributed by atoms with Crippen LogP contribution in [-0.2, 0) is 20.0 Å². The first-order chi connectivity index (χ1) is 10.2. The zero-order chi connectivity index (χ0) is 14.8. The molecule has 2 N–H and O–H groups in total. The molecule has 1 heterocycles. The summed E-state index contributed by atoms with van der Waals surface area (Å²) in [5.41, 5.74) is 10.0. The van der Waals surface area contributed by atoms with Crippen molar-refractivity contribution in [1.82, 2.24) is 9.55 Å². The molecule has 3 rings (SSSR count). The molecule has 21 heavy (non-hydrogen) atoms. The normalized spacial score (nSPS) is 11.0. The molecular formula is C17H19N3O. The molecule has 0 fully saturated rings. The van der Waals surface area contributed by atoms with Gasteiger partial charge in [-0.05, 0) is 23.8 Å². The fourth-order valence-corrected chi connectivity index (χ4v) is 2.60. The van der Waals surface area contributed by atoms with Crippen LogP contribution < -0.4 is 10.5 Å². The summed E-state index contributed by atoms with van der Waals surface area (Å²) in [6.07, 6.45) is 0.743. The molecule has 0 unspecified atom stereocenters. The van der Waals surface area contributed by atoms with Gasteiger partial charge in [0.15, 0.2) is 0 Å². The van der Waals surface area contributed by atoms with Crippen molar-refractivity contribution in [2.45, 2.75) is 13.0 Å². The first-order valence-corrected chi connectivity index (χ1v) is 6.99. The third kappa shape index (κ3) is 2.50. The maximum absolute atomic E-state index is 5.70. The predicted octanol–water partition coefficient (Wildman–Crippen LogP) is 2.63. The van der Waals surface area contributed by atoms with E-state index in [1.807, 2.05) is 25.2 Å².